The van der Waals surface area contributed by atoms with Crippen molar-refractivity contribution in [1.29, 1.82) is 0 Å². The highest BCUT2D eigenvalue weighted by molar-refractivity contribution is 7.98. The fraction of sp³-hybridized carbons (Fsp3) is 0.348. The number of hydrogen-bond acceptors (Lipinski definition) is 5. The summed E-state index contributed by atoms with van der Waals surface area (Å²) in [6.45, 7) is 6.98. The average molecular weight is 441 g/mol. The first kappa shape index (κ1) is 21.5. The van der Waals surface area contributed by atoms with Gasteiger partial charge in [0.2, 0.25) is 5.78 Å². The lowest BCUT2D eigenvalue weighted by molar-refractivity contribution is 0.0748. The van der Waals surface area contributed by atoms with Gasteiger partial charge in [0, 0.05) is 18.9 Å². The fourth-order valence-electron chi connectivity index (χ4n) is 3.49. The zero-order chi connectivity index (χ0) is 22.0. The molecule has 162 valence electrons. The Labute approximate surface area is 184 Å². The van der Waals surface area contributed by atoms with Gasteiger partial charge in [0.25, 0.3) is 5.56 Å². The van der Waals surface area contributed by atoms with Crippen LogP contribution in [0.25, 0.3) is 16.7 Å². The Morgan fingerprint density at radius 1 is 1.16 bits per heavy atom. The zero-order valence-electron chi connectivity index (χ0n) is 17.8. The maximum Gasteiger partial charge on any atom is 0.262 e. The van der Waals surface area contributed by atoms with E-state index in [4.69, 9.17) is 4.74 Å². The number of thioether (sulfide) groups is 1. The van der Waals surface area contributed by atoms with Crippen LogP contribution in [0.1, 0.15) is 31.4 Å². The first-order valence-corrected chi connectivity index (χ1v) is 11.3. The minimum Gasteiger partial charge on any atom is -0.379 e. The second kappa shape index (κ2) is 9.20. The monoisotopic (exact) mass is 440 g/mol. The number of aryl methyl sites for hydroxylation is 2. The number of aromatic nitrogens is 4. The molecule has 0 unspecified atom stereocenters. The third-order valence-electron chi connectivity index (χ3n) is 5.02. The maximum atomic E-state index is 14.1. The molecule has 0 amide bonds. The molecule has 0 saturated heterocycles. The summed E-state index contributed by atoms with van der Waals surface area (Å²) in [5, 5.41) is 9.89. The SMILES string of the molecule is Cc1ccc2c(c1)c(=O)n(CCCOC(C)C)c1nnc(SCc3ccccc3F)n21. The minimum atomic E-state index is -0.244. The third-order valence-corrected chi connectivity index (χ3v) is 6.00. The van der Waals surface area contributed by atoms with Crippen LogP contribution in [0, 0.1) is 12.7 Å². The van der Waals surface area contributed by atoms with Crippen LogP contribution in [-0.4, -0.2) is 31.9 Å². The van der Waals surface area contributed by atoms with Crippen LogP contribution in [0.4, 0.5) is 4.39 Å². The molecule has 2 heterocycles. The van der Waals surface area contributed by atoms with Crippen molar-refractivity contribution < 1.29 is 9.13 Å². The highest BCUT2D eigenvalue weighted by Gasteiger charge is 2.17. The predicted octanol–water partition coefficient (Wildman–Crippen LogP) is 4.60. The van der Waals surface area contributed by atoms with E-state index in [2.05, 4.69) is 10.2 Å². The summed E-state index contributed by atoms with van der Waals surface area (Å²) in [5.41, 5.74) is 2.27. The Balaban J connectivity index is 1.76. The molecule has 0 atom stereocenters. The summed E-state index contributed by atoms with van der Waals surface area (Å²) in [6, 6.07) is 12.5. The van der Waals surface area contributed by atoms with Gasteiger partial charge in [0.05, 0.1) is 17.0 Å². The summed E-state index contributed by atoms with van der Waals surface area (Å²) in [7, 11) is 0. The molecule has 0 N–H and O–H groups in total. The predicted molar refractivity (Wildman–Crippen MR) is 121 cm³/mol. The first-order valence-electron chi connectivity index (χ1n) is 10.3. The molecule has 6 nitrogen and oxygen atoms in total. The summed E-state index contributed by atoms with van der Waals surface area (Å²) in [5.74, 6) is 0.663. The van der Waals surface area contributed by atoms with Gasteiger partial charge in [-0.05, 0) is 51.0 Å². The average Bonchev–Trinajstić information content (AvgIpc) is 3.16. The molecule has 0 aliphatic rings. The Morgan fingerprint density at radius 3 is 2.74 bits per heavy atom. The van der Waals surface area contributed by atoms with Crippen molar-refractivity contribution in [3.8, 4) is 0 Å². The van der Waals surface area contributed by atoms with Crippen LogP contribution >= 0.6 is 11.8 Å². The van der Waals surface area contributed by atoms with Gasteiger partial charge >= 0.3 is 0 Å². The van der Waals surface area contributed by atoms with E-state index in [-0.39, 0.29) is 17.5 Å². The van der Waals surface area contributed by atoms with Gasteiger partial charge in [-0.15, -0.1) is 10.2 Å². The molecule has 0 spiro atoms. The normalized spacial score (nSPS) is 11.8. The molecule has 2 aromatic heterocycles. The van der Waals surface area contributed by atoms with Crippen molar-refractivity contribution >= 4 is 28.4 Å². The first-order chi connectivity index (χ1) is 15.0. The second-order valence-corrected chi connectivity index (χ2v) is 8.69. The van der Waals surface area contributed by atoms with Crippen molar-refractivity contribution in [2.75, 3.05) is 6.61 Å². The number of nitrogens with zero attached hydrogens (tertiary/aromatic N) is 4. The summed E-state index contributed by atoms with van der Waals surface area (Å²) < 4.78 is 23.2. The standard InChI is InChI=1S/C23H25FN4O2S/c1-15(2)30-12-6-11-27-21(29)18-13-16(3)9-10-20(18)28-22(27)25-26-23(28)31-14-17-7-4-5-8-19(17)24/h4-5,7-10,13,15H,6,11-12,14H2,1-3H3. The van der Waals surface area contributed by atoms with E-state index in [0.29, 0.717) is 47.2 Å². The van der Waals surface area contributed by atoms with Crippen LogP contribution < -0.4 is 5.56 Å². The molecule has 0 aliphatic heterocycles. The summed E-state index contributed by atoms with van der Waals surface area (Å²) >= 11 is 1.40. The molecule has 0 bridgehead atoms. The van der Waals surface area contributed by atoms with Gasteiger partial charge in [0.1, 0.15) is 5.82 Å². The number of halogens is 1. The van der Waals surface area contributed by atoms with E-state index in [0.717, 1.165) is 11.1 Å². The number of rotatable bonds is 8. The highest BCUT2D eigenvalue weighted by Crippen LogP contribution is 2.26. The van der Waals surface area contributed by atoms with Crippen molar-refractivity contribution in [1.82, 2.24) is 19.2 Å². The van der Waals surface area contributed by atoms with Gasteiger partial charge < -0.3 is 4.74 Å². The number of ether oxygens (including phenoxy) is 1. The van der Waals surface area contributed by atoms with E-state index in [1.165, 1.54) is 17.8 Å². The van der Waals surface area contributed by atoms with Crippen molar-refractivity contribution in [3.05, 3.63) is 69.8 Å². The molecule has 0 radical (unpaired) electrons. The second-order valence-electron chi connectivity index (χ2n) is 7.75. The van der Waals surface area contributed by atoms with E-state index >= 15 is 0 Å². The van der Waals surface area contributed by atoms with Gasteiger partial charge in [-0.2, -0.15) is 0 Å². The Hall–Kier alpha value is -2.71. The van der Waals surface area contributed by atoms with Gasteiger partial charge in [0.15, 0.2) is 5.16 Å². The topological polar surface area (TPSA) is 61.4 Å². The largest absolute Gasteiger partial charge is 0.379 e. The van der Waals surface area contributed by atoms with E-state index in [1.54, 1.807) is 16.7 Å². The molecule has 0 fully saturated rings. The van der Waals surface area contributed by atoms with Crippen molar-refractivity contribution in [3.63, 3.8) is 0 Å². The van der Waals surface area contributed by atoms with Crippen molar-refractivity contribution in [2.24, 2.45) is 0 Å². The Bertz CT molecular complexity index is 1280. The lowest BCUT2D eigenvalue weighted by atomic mass is 10.1. The molecule has 4 aromatic rings. The number of fused-ring (bicyclic) bond motifs is 3. The highest BCUT2D eigenvalue weighted by atomic mass is 32.2. The van der Waals surface area contributed by atoms with Gasteiger partial charge in [-0.25, -0.2) is 4.39 Å². The Morgan fingerprint density at radius 2 is 1.97 bits per heavy atom. The molecule has 0 saturated carbocycles. The van der Waals surface area contributed by atoms with Gasteiger partial charge in [-0.1, -0.05) is 41.6 Å². The van der Waals surface area contributed by atoms with Crippen LogP contribution in [0.5, 0.6) is 0 Å². The smallest absolute Gasteiger partial charge is 0.262 e. The van der Waals surface area contributed by atoms with Crippen LogP contribution in [-0.2, 0) is 17.0 Å². The summed E-state index contributed by atoms with van der Waals surface area (Å²) in [4.78, 5) is 13.2. The van der Waals surface area contributed by atoms with Crippen LogP contribution in [0.15, 0.2) is 52.4 Å². The van der Waals surface area contributed by atoms with Crippen LogP contribution in [0.2, 0.25) is 0 Å². The third kappa shape index (κ3) is 4.50. The van der Waals surface area contributed by atoms with E-state index in [1.807, 2.05) is 49.4 Å². The molecule has 0 aliphatic carbocycles. The quantitative estimate of drug-likeness (QED) is 0.296. The van der Waals surface area contributed by atoms with E-state index < -0.39 is 0 Å². The molecule has 2 aromatic carbocycles. The van der Waals surface area contributed by atoms with E-state index in [9.17, 15) is 9.18 Å². The Kier molecular flexibility index (Phi) is 6.38. The zero-order valence-corrected chi connectivity index (χ0v) is 18.7. The lowest BCUT2D eigenvalue weighted by Gasteiger charge is -2.12. The molecule has 31 heavy (non-hydrogen) atoms. The molecule has 8 heteroatoms. The number of benzene rings is 2. The maximum absolute atomic E-state index is 14.1. The minimum absolute atomic E-state index is 0.0891. The van der Waals surface area contributed by atoms with Crippen LogP contribution in [0.3, 0.4) is 0 Å². The van der Waals surface area contributed by atoms with Gasteiger partial charge in [-0.3, -0.25) is 13.8 Å². The fourth-order valence-corrected chi connectivity index (χ4v) is 4.42. The lowest BCUT2D eigenvalue weighted by Crippen LogP contribution is -2.24. The molecule has 4 rings (SSSR count). The molecular weight excluding hydrogens is 415 g/mol. The molecular formula is C23H25FN4O2S. The number of hydrogen-bond donors (Lipinski definition) is 0. The van der Waals surface area contributed by atoms with Crippen molar-refractivity contribution in [2.45, 2.75) is 50.8 Å². The summed E-state index contributed by atoms with van der Waals surface area (Å²) in [6.07, 6.45) is 0.834.